The number of amides is 2. The average Bonchev–Trinajstić information content (AvgIpc) is 3.31. The lowest BCUT2D eigenvalue weighted by Gasteiger charge is -2.18. The molecule has 0 spiro atoms. The van der Waals surface area contributed by atoms with Gasteiger partial charge in [-0.3, -0.25) is 0 Å². The van der Waals surface area contributed by atoms with Gasteiger partial charge in [-0.1, -0.05) is 30.3 Å². The van der Waals surface area contributed by atoms with Crippen LogP contribution in [0.5, 0.6) is 0 Å². The van der Waals surface area contributed by atoms with E-state index in [9.17, 15) is 13.2 Å². The molecule has 154 valence electrons. The largest absolute Gasteiger partial charge is 0.331 e. The van der Waals surface area contributed by atoms with Gasteiger partial charge in [-0.05, 0) is 61.7 Å². The van der Waals surface area contributed by atoms with Gasteiger partial charge in [0.05, 0.1) is 10.9 Å². The van der Waals surface area contributed by atoms with E-state index >= 15 is 0 Å². The number of anilines is 1. The van der Waals surface area contributed by atoms with Gasteiger partial charge in [0.15, 0.2) is 0 Å². The lowest BCUT2D eigenvalue weighted by molar-refractivity contribution is 0.249. The van der Waals surface area contributed by atoms with Crippen LogP contribution in [0.15, 0.2) is 59.5 Å². The molecule has 4 rings (SSSR count). The van der Waals surface area contributed by atoms with Crippen LogP contribution in [0.3, 0.4) is 0 Å². The molecule has 2 aliphatic heterocycles. The Hall–Kier alpha value is -2.42. The Morgan fingerprint density at radius 1 is 1.03 bits per heavy atom. The number of sulfonamides is 1. The van der Waals surface area contributed by atoms with Gasteiger partial charge in [-0.2, -0.15) is 4.31 Å². The Balaban J connectivity index is 1.37. The second kappa shape index (κ2) is 8.14. The maximum Gasteiger partial charge on any atom is 0.319 e. The van der Waals surface area contributed by atoms with Gasteiger partial charge in [-0.15, -0.1) is 0 Å². The minimum atomic E-state index is -3.50. The normalized spacial score (nSPS) is 22.8. The number of urea groups is 1. The predicted octanol–water partition coefficient (Wildman–Crippen LogP) is 2.41. The summed E-state index contributed by atoms with van der Waals surface area (Å²) in [5.41, 5.74) is 1.55. The minimum Gasteiger partial charge on any atom is -0.331 e. The molecule has 3 unspecified atom stereocenters. The highest BCUT2D eigenvalue weighted by Crippen LogP contribution is 2.31. The van der Waals surface area contributed by atoms with Gasteiger partial charge in [-0.25, -0.2) is 13.2 Å². The second-order valence-corrected chi connectivity index (χ2v) is 9.69. The zero-order valence-electron chi connectivity index (χ0n) is 16.3. The highest BCUT2D eigenvalue weighted by Gasteiger charge is 2.41. The molecule has 8 heteroatoms. The first-order chi connectivity index (χ1) is 13.9. The Morgan fingerprint density at radius 2 is 1.66 bits per heavy atom. The molecule has 29 heavy (non-hydrogen) atoms. The van der Waals surface area contributed by atoms with Crippen LogP contribution in [0, 0.1) is 11.8 Å². The third-order valence-corrected chi connectivity index (χ3v) is 7.60. The zero-order valence-corrected chi connectivity index (χ0v) is 17.2. The first kappa shape index (κ1) is 19.9. The van der Waals surface area contributed by atoms with Gasteiger partial charge in [0.25, 0.3) is 0 Å². The monoisotopic (exact) mass is 414 g/mol. The number of hydrogen-bond acceptors (Lipinski definition) is 4. The molecule has 0 radical (unpaired) electrons. The molecule has 2 aliphatic rings. The van der Waals surface area contributed by atoms with Crippen molar-refractivity contribution in [3.8, 4) is 0 Å². The van der Waals surface area contributed by atoms with Crippen molar-refractivity contribution in [2.45, 2.75) is 17.9 Å². The van der Waals surface area contributed by atoms with E-state index in [-0.39, 0.29) is 17.0 Å². The van der Waals surface area contributed by atoms with E-state index in [0.29, 0.717) is 30.6 Å². The summed E-state index contributed by atoms with van der Waals surface area (Å²) in [6.45, 7) is 4.82. The van der Waals surface area contributed by atoms with Crippen LogP contribution in [-0.4, -0.2) is 44.9 Å². The molecule has 2 aromatic rings. The van der Waals surface area contributed by atoms with Crippen molar-refractivity contribution in [1.29, 1.82) is 0 Å². The Labute approximate surface area is 171 Å². The van der Waals surface area contributed by atoms with E-state index in [1.165, 1.54) is 0 Å². The molecule has 2 fully saturated rings. The fourth-order valence-corrected chi connectivity index (χ4v) is 5.61. The summed E-state index contributed by atoms with van der Waals surface area (Å²) in [5, 5.41) is 8.95. The second-order valence-electron chi connectivity index (χ2n) is 7.76. The maximum atomic E-state index is 12.9. The van der Waals surface area contributed by atoms with Crippen molar-refractivity contribution in [2.24, 2.45) is 11.8 Å². The number of nitrogens with one attached hydrogen (secondary N) is 3. The van der Waals surface area contributed by atoms with Gasteiger partial charge < -0.3 is 16.0 Å². The molecule has 2 aromatic carbocycles. The fraction of sp³-hybridized carbons (Fsp3) is 0.381. The molecule has 0 bridgehead atoms. The molecule has 3 N–H and O–H groups in total. The summed E-state index contributed by atoms with van der Waals surface area (Å²) in [5.74, 6) is 0.807. The van der Waals surface area contributed by atoms with E-state index in [1.54, 1.807) is 28.6 Å². The SMILES string of the molecule is CC(NC(=O)Nc1ccc(S(=O)(=O)N2CC3CNCC3C2)cc1)c1ccccc1. The summed E-state index contributed by atoms with van der Waals surface area (Å²) in [6, 6.07) is 15.6. The van der Waals surface area contributed by atoms with Crippen molar-refractivity contribution in [1.82, 2.24) is 14.9 Å². The molecule has 0 aromatic heterocycles. The Bertz CT molecular complexity index is 951. The lowest BCUT2D eigenvalue weighted by Crippen LogP contribution is -2.32. The molecular weight excluding hydrogens is 388 g/mol. The molecule has 7 nitrogen and oxygen atoms in total. The van der Waals surface area contributed by atoms with Crippen LogP contribution >= 0.6 is 0 Å². The van der Waals surface area contributed by atoms with Crippen molar-refractivity contribution in [3.63, 3.8) is 0 Å². The molecular formula is C21H26N4O3S. The topological polar surface area (TPSA) is 90.5 Å². The quantitative estimate of drug-likeness (QED) is 0.701. The van der Waals surface area contributed by atoms with Crippen LogP contribution in [0.25, 0.3) is 0 Å². The van der Waals surface area contributed by atoms with Crippen LogP contribution in [0.1, 0.15) is 18.5 Å². The highest BCUT2D eigenvalue weighted by molar-refractivity contribution is 7.89. The van der Waals surface area contributed by atoms with Crippen LogP contribution < -0.4 is 16.0 Å². The van der Waals surface area contributed by atoms with E-state index in [1.807, 2.05) is 37.3 Å². The lowest BCUT2D eigenvalue weighted by atomic mass is 10.0. The van der Waals surface area contributed by atoms with E-state index in [2.05, 4.69) is 16.0 Å². The number of fused-ring (bicyclic) bond motifs is 1. The number of nitrogens with zero attached hydrogens (tertiary/aromatic N) is 1. The van der Waals surface area contributed by atoms with Crippen molar-refractivity contribution < 1.29 is 13.2 Å². The first-order valence-electron chi connectivity index (χ1n) is 9.87. The molecule has 0 saturated carbocycles. The third-order valence-electron chi connectivity index (χ3n) is 5.75. The minimum absolute atomic E-state index is 0.139. The summed E-state index contributed by atoms with van der Waals surface area (Å²) in [7, 11) is -3.50. The molecule has 2 saturated heterocycles. The number of hydrogen-bond donors (Lipinski definition) is 3. The number of carbonyl (C=O) groups excluding carboxylic acids is 1. The smallest absolute Gasteiger partial charge is 0.319 e. The molecule has 2 heterocycles. The number of rotatable bonds is 5. The Morgan fingerprint density at radius 3 is 2.28 bits per heavy atom. The molecule has 2 amide bonds. The standard InChI is InChI=1S/C21H26N4O3S/c1-15(16-5-3-2-4-6-16)23-21(26)24-19-7-9-20(10-8-19)29(27,28)25-13-17-11-22-12-18(17)14-25/h2-10,15,17-18,22H,11-14H2,1H3,(H2,23,24,26). The van der Waals surface area contributed by atoms with E-state index in [0.717, 1.165) is 18.7 Å². The third kappa shape index (κ3) is 4.29. The number of benzene rings is 2. The Kier molecular flexibility index (Phi) is 5.58. The van der Waals surface area contributed by atoms with E-state index < -0.39 is 10.0 Å². The van der Waals surface area contributed by atoms with Crippen molar-refractivity contribution in [2.75, 3.05) is 31.5 Å². The first-order valence-corrected chi connectivity index (χ1v) is 11.3. The van der Waals surface area contributed by atoms with Gasteiger partial charge in [0.2, 0.25) is 10.0 Å². The summed E-state index contributed by atoms with van der Waals surface area (Å²) < 4.78 is 27.4. The van der Waals surface area contributed by atoms with Gasteiger partial charge >= 0.3 is 6.03 Å². The van der Waals surface area contributed by atoms with Gasteiger partial charge in [0, 0.05) is 18.8 Å². The van der Waals surface area contributed by atoms with Crippen LogP contribution in [0.4, 0.5) is 10.5 Å². The maximum absolute atomic E-state index is 12.9. The van der Waals surface area contributed by atoms with Crippen molar-refractivity contribution in [3.05, 3.63) is 60.2 Å². The number of carbonyl (C=O) groups is 1. The fourth-order valence-electron chi connectivity index (χ4n) is 4.06. The summed E-state index contributed by atoms with van der Waals surface area (Å²) in [4.78, 5) is 12.5. The summed E-state index contributed by atoms with van der Waals surface area (Å²) in [6.07, 6.45) is 0. The van der Waals surface area contributed by atoms with Crippen LogP contribution in [-0.2, 0) is 10.0 Å². The van der Waals surface area contributed by atoms with Crippen molar-refractivity contribution >= 4 is 21.7 Å². The predicted molar refractivity (Wildman–Crippen MR) is 112 cm³/mol. The van der Waals surface area contributed by atoms with Gasteiger partial charge in [0.1, 0.15) is 0 Å². The van der Waals surface area contributed by atoms with E-state index in [4.69, 9.17) is 0 Å². The zero-order chi connectivity index (χ0) is 20.4. The molecule has 0 aliphatic carbocycles. The average molecular weight is 415 g/mol. The van der Waals surface area contributed by atoms with Crippen LogP contribution in [0.2, 0.25) is 0 Å². The highest BCUT2D eigenvalue weighted by atomic mass is 32.2. The molecule has 3 atom stereocenters. The summed E-state index contributed by atoms with van der Waals surface area (Å²) >= 11 is 0.